The number of amides is 2. The Hall–Kier alpha value is -1.56. The second-order valence-corrected chi connectivity index (χ2v) is 6.25. The van der Waals surface area contributed by atoms with Crippen LogP contribution in [0.15, 0.2) is 12.3 Å². The number of aromatic nitrogens is 2. The highest BCUT2D eigenvalue weighted by Crippen LogP contribution is 2.62. The number of nitrogens with zero attached hydrogens (tertiary/aromatic N) is 2. The first-order chi connectivity index (χ1) is 9.71. The zero-order valence-corrected chi connectivity index (χ0v) is 11.6. The molecule has 4 rings (SSSR count). The fourth-order valence-corrected chi connectivity index (χ4v) is 4.25. The highest BCUT2D eigenvalue weighted by atomic mass is 16.5. The number of carbonyl (C=O) groups is 1. The molecule has 1 aromatic heterocycles. The van der Waals surface area contributed by atoms with E-state index in [1.165, 1.54) is 19.3 Å². The fourth-order valence-electron chi connectivity index (χ4n) is 4.25. The first kappa shape index (κ1) is 12.2. The van der Waals surface area contributed by atoms with Crippen LogP contribution < -0.4 is 10.6 Å². The summed E-state index contributed by atoms with van der Waals surface area (Å²) in [7, 11) is 1.81. The van der Waals surface area contributed by atoms with E-state index in [1.54, 1.807) is 16.9 Å². The average molecular weight is 276 g/mol. The van der Waals surface area contributed by atoms with Gasteiger partial charge in [-0.15, -0.1) is 0 Å². The predicted octanol–water partition coefficient (Wildman–Crippen LogP) is 1.50. The Labute approximate surface area is 117 Å². The first-order valence-corrected chi connectivity index (χ1v) is 7.38. The van der Waals surface area contributed by atoms with Gasteiger partial charge in [0.05, 0.1) is 12.3 Å². The van der Waals surface area contributed by atoms with Crippen molar-refractivity contribution in [2.24, 2.45) is 18.4 Å². The summed E-state index contributed by atoms with van der Waals surface area (Å²) in [5.41, 5.74) is 0.227. The number of fused-ring (bicyclic) bond motifs is 2. The van der Waals surface area contributed by atoms with Crippen LogP contribution in [0.4, 0.5) is 10.6 Å². The van der Waals surface area contributed by atoms with Gasteiger partial charge in [0.1, 0.15) is 5.82 Å². The van der Waals surface area contributed by atoms with Crippen molar-refractivity contribution in [3.05, 3.63) is 12.3 Å². The molecule has 108 valence electrons. The number of ether oxygens (including phenoxy) is 1. The number of rotatable bonds is 2. The minimum atomic E-state index is -0.129. The third-order valence-electron chi connectivity index (χ3n) is 5.39. The molecule has 2 amide bonds. The summed E-state index contributed by atoms with van der Waals surface area (Å²) in [4.78, 5) is 12.2. The van der Waals surface area contributed by atoms with Gasteiger partial charge in [-0.2, -0.15) is 5.10 Å². The molecule has 6 nitrogen and oxygen atoms in total. The lowest BCUT2D eigenvalue weighted by atomic mass is 9.46. The Morgan fingerprint density at radius 3 is 3.05 bits per heavy atom. The molecule has 0 unspecified atom stereocenters. The van der Waals surface area contributed by atoms with Crippen LogP contribution in [0.5, 0.6) is 0 Å². The van der Waals surface area contributed by atoms with Crippen LogP contribution in [0.3, 0.4) is 0 Å². The lowest BCUT2D eigenvalue weighted by Gasteiger charge is -2.63. The van der Waals surface area contributed by atoms with Crippen LogP contribution in [0.25, 0.3) is 0 Å². The minimum Gasteiger partial charge on any atom is -0.377 e. The monoisotopic (exact) mass is 276 g/mol. The Balaban J connectivity index is 1.43. The molecule has 1 saturated heterocycles. The molecule has 2 N–H and O–H groups in total. The highest BCUT2D eigenvalue weighted by Gasteiger charge is 2.66. The Kier molecular flexibility index (Phi) is 2.57. The van der Waals surface area contributed by atoms with Crippen molar-refractivity contribution in [3.63, 3.8) is 0 Å². The molecule has 20 heavy (non-hydrogen) atoms. The molecule has 1 spiro atoms. The van der Waals surface area contributed by atoms with Gasteiger partial charge < -0.3 is 10.1 Å². The smallest absolute Gasteiger partial charge is 0.320 e. The summed E-state index contributed by atoms with van der Waals surface area (Å²) in [5, 5.41) is 10.1. The largest absolute Gasteiger partial charge is 0.377 e. The van der Waals surface area contributed by atoms with Gasteiger partial charge in [-0.3, -0.25) is 10.00 Å². The number of hydrogen-bond acceptors (Lipinski definition) is 3. The summed E-state index contributed by atoms with van der Waals surface area (Å²) in [6.07, 6.45) is 6.76. The summed E-state index contributed by atoms with van der Waals surface area (Å²) in [5.74, 6) is 1.22. The zero-order valence-electron chi connectivity index (χ0n) is 11.6. The SMILES string of the molecule is Cn1nccc1NC(=O)N[C@@H]1[C@H]2CCO[C@H]2C12CCC2. The maximum absolute atomic E-state index is 12.2. The lowest BCUT2D eigenvalue weighted by Crippen LogP contribution is -2.72. The van der Waals surface area contributed by atoms with Crippen LogP contribution >= 0.6 is 0 Å². The molecule has 2 heterocycles. The minimum absolute atomic E-state index is 0.129. The predicted molar refractivity (Wildman–Crippen MR) is 73.3 cm³/mol. The summed E-state index contributed by atoms with van der Waals surface area (Å²) in [6.45, 7) is 0.846. The van der Waals surface area contributed by atoms with Crippen molar-refractivity contribution in [2.45, 2.75) is 37.8 Å². The molecule has 1 aromatic rings. The highest BCUT2D eigenvalue weighted by molar-refractivity contribution is 5.88. The molecular formula is C14H20N4O2. The van der Waals surface area contributed by atoms with Crippen molar-refractivity contribution >= 4 is 11.8 Å². The van der Waals surface area contributed by atoms with Gasteiger partial charge in [-0.05, 0) is 19.3 Å². The van der Waals surface area contributed by atoms with Crippen molar-refractivity contribution in [1.29, 1.82) is 0 Å². The number of anilines is 1. The number of aryl methyl sites for hydroxylation is 1. The molecule has 6 heteroatoms. The van der Waals surface area contributed by atoms with Gasteiger partial charge in [-0.25, -0.2) is 4.79 Å². The van der Waals surface area contributed by atoms with E-state index in [4.69, 9.17) is 4.74 Å². The molecule has 2 saturated carbocycles. The maximum atomic E-state index is 12.2. The van der Waals surface area contributed by atoms with E-state index in [-0.39, 0.29) is 17.5 Å². The van der Waals surface area contributed by atoms with Crippen molar-refractivity contribution in [1.82, 2.24) is 15.1 Å². The Morgan fingerprint density at radius 2 is 2.40 bits per heavy atom. The Morgan fingerprint density at radius 1 is 1.55 bits per heavy atom. The number of urea groups is 1. The van der Waals surface area contributed by atoms with Crippen LogP contribution in [0, 0.1) is 11.3 Å². The number of carbonyl (C=O) groups excluding carboxylic acids is 1. The van der Waals surface area contributed by atoms with Crippen LogP contribution in [0.1, 0.15) is 25.7 Å². The van der Waals surface area contributed by atoms with Crippen LogP contribution in [-0.2, 0) is 11.8 Å². The molecule has 1 aliphatic heterocycles. The van der Waals surface area contributed by atoms with E-state index in [2.05, 4.69) is 15.7 Å². The molecule has 2 aliphatic carbocycles. The quantitative estimate of drug-likeness (QED) is 0.860. The molecule has 0 bridgehead atoms. The molecular weight excluding hydrogens is 256 g/mol. The van der Waals surface area contributed by atoms with E-state index in [0.717, 1.165) is 13.0 Å². The van der Waals surface area contributed by atoms with Gasteiger partial charge in [0.2, 0.25) is 0 Å². The van der Waals surface area contributed by atoms with Crippen LogP contribution in [0.2, 0.25) is 0 Å². The van der Waals surface area contributed by atoms with Gasteiger partial charge in [0.15, 0.2) is 0 Å². The molecule has 3 atom stereocenters. The lowest BCUT2D eigenvalue weighted by molar-refractivity contribution is -0.171. The normalized spacial score (nSPS) is 33.1. The maximum Gasteiger partial charge on any atom is 0.320 e. The summed E-state index contributed by atoms with van der Waals surface area (Å²) < 4.78 is 7.51. The second kappa shape index (κ2) is 4.22. The summed E-state index contributed by atoms with van der Waals surface area (Å²) in [6, 6.07) is 1.94. The Bertz CT molecular complexity index is 537. The molecule has 0 radical (unpaired) electrons. The van der Waals surface area contributed by atoms with E-state index in [0.29, 0.717) is 17.8 Å². The van der Waals surface area contributed by atoms with E-state index in [1.807, 2.05) is 7.05 Å². The van der Waals surface area contributed by atoms with Crippen molar-refractivity contribution < 1.29 is 9.53 Å². The molecule has 3 fully saturated rings. The van der Waals surface area contributed by atoms with E-state index in [9.17, 15) is 4.79 Å². The van der Waals surface area contributed by atoms with Gasteiger partial charge in [-0.1, -0.05) is 6.42 Å². The molecule has 0 aromatic carbocycles. The van der Waals surface area contributed by atoms with Crippen LogP contribution in [-0.4, -0.2) is 34.6 Å². The average Bonchev–Trinajstić information content (AvgIpc) is 2.93. The topological polar surface area (TPSA) is 68.2 Å². The van der Waals surface area contributed by atoms with Gasteiger partial charge in [0.25, 0.3) is 0 Å². The zero-order chi connectivity index (χ0) is 13.7. The van der Waals surface area contributed by atoms with Gasteiger partial charge in [0, 0.05) is 37.1 Å². The van der Waals surface area contributed by atoms with E-state index >= 15 is 0 Å². The molecule has 3 aliphatic rings. The third-order valence-corrected chi connectivity index (χ3v) is 5.39. The summed E-state index contributed by atoms with van der Waals surface area (Å²) >= 11 is 0. The van der Waals surface area contributed by atoms with Crippen molar-refractivity contribution in [3.8, 4) is 0 Å². The fraction of sp³-hybridized carbons (Fsp3) is 0.714. The second-order valence-electron chi connectivity index (χ2n) is 6.25. The standard InChI is InChI=1S/C14H20N4O2/c1-18-10(3-7-15-18)16-13(19)17-11-9-4-8-20-12(9)14(11)5-2-6-14/h3,7,9,11-12H,2,4-6,8H2,1H3,(H2,16,17,19)/t9-,11-,12-/m1/s1. The van der Waals surface area contributed by atoms with Gasteiger partial charge >= 0.3 is 6.03 Å². The first-order valence-electron chi connectivity index (χ1n) is 7.38. The van der Waals surface area contributed by atoms with Crippen molar-refractivity contribution in [2.75, 3.05) is 11.9 Å². The number of nitrogens with one attached hydrogen (secondary N) is 2. The third kappa shape index (κ3) is 1.54. The number of hydrogen-bond donors (Lipinski definition) is 2. The van der Waals surface area contributed by atoms with E-state index < -0.39 is 0 Å².